The van der Waals surface area contributed by atoms with E-state index in [1.807, 2.05) is 62.3 Å². The van der Waals surface area contributed by atoms with E-state index in [2.05, 4.69) is 27.8 Å². The molecular weight excluding hydrogens is 636 g/mol. The number of likely N-dealkylation sites (tertiary alicyclic amines) is 1. The summed E-state index contributed by atoms with van der Waals surface area (Å²) in [5.74, 6) is -2.65. The summed E-state index contributed by atoms with van der Waals surface area (Å²) in [5, 5.41) is 11.0. The van der Waals surface area contributed by atoms with Gasteiger partial charge in [-0.05, 0) is 48.3 Å². The van der Waals surface area contributed by atoms with Crippen molar-refractivity contribution in [3.8, 4) is 0 Å². The number of carbonyl (C=O) groups is 5. The Labute approximate surface area is 287 Å². The molecule has 13 nitrogen and oxygen atoms in total. The van der Waals surface area contributed by atoms with Crippen LogP contribution in [0.5, 0.6) is 0 Å². The van der Waals surface area contributed by atoms with E-state index < -0.39 is 74.6 Å². The molecule has 0 radical (unpaired) electrons. The Hall–Kier alpha value is -3.00. The Morgan fingerprint density at radius 2 is 1.58 bits per heavy atom. The lowest BCUT2D eigenvalue weighted by molar-refractivity contribution is -0.144. The molecule has 274 valence electrons. The lowest BCUT2D eigenvalue weighted by atomic mass is 9.84. The number of hydrogen-bond acceptors (Lipinski definition) is 7. The van der Waals surface area contributed by atoms with Crippen molar-refractivity contribution in [2.24, 2.45) is 22.7 Å². The van der Waals surface area contributed by atoms with Crippen LogP contribution in [-0.4, -0.2) is 103 Å². The fraction of sp³-hybridized carbons (Fsp3) is 0.794. The molecule has 1 unspecified atom stereocenters. The molecule has 0 saturated carbocycles. The zero-order valence-corrected chi connectivity index (χ0v) is 31.3. The van der Waals surface area contributed by atoms with Crippen LogP contribution in [0.1, 0.15) is 94.4 Å². The van der Waals surface area contributed by atoms with Gasteiger partial charge in [0.25, 0.3) is 5.91 Å². The Balaban J connectivity index is 2.33. The van der Waals surface area contributed by atoms with E-state index >= 15 is 0 Å². The van der Waals surface area contributed by atoms with Crippen LogP contribution in [0.2, 0.25) is 0 Å². The second-order valence-electron chi connectivity index (χ2n) is 15.6. The van der Waals surface area contributed by atoms with Gasteiger partial charge >= 0.3 is 6.03 Å². The van der Waals surface area contributed by atoms with Crippen LogP contribution in [0.15, 0.2) is 12.7 Å². The minimum absolute atomic E-state index is 0.0257. The van der Waals surface area contributed by atoms with Crippen LogP contribution in [0.3, 0.4) is 0 Å². The van der Waals surface area contributed by atoms with Gasteiger partial charge in [-0.3, -0.25) is 19.2 Å². The van der Waals surface area contributed by atoms with Gasteiger partial charge in [-0.15, -0.1) is 6.58 Å². The zero-order valence-electron chi connectivity index (χ0n) is 30.5. The van der Waals surface area contributed by atoms with Crippen molar-refractivity contribution in [1.29, 1.82) is 0 Å². The van der Waals surface area contributed by atoms with Gasteiger partial charge in [0.1, 0.15) is 12.1 Å². The molecule has 0 bridgehead atoms. The first kappa shape index (κ1) is 41.2. The maximum absolute atomic E-state index is 14.3. The lowest BCUT2D eigenvalue weighted by Crippen LogP contribution is -2.62. The van der Waals surface area contributed by atoms with Crippen LogP contribution in [0.25, 0.3) is 0 Å². The predicted molar refractivity (Wildman–Crippen MR) is 186 cm³/mol. The molecule has 4 N–H and O–H groups in total. The first-order valence-corrected chi connectivity index (χ1v) is 18.8. The third-order valence-corrected chi connectivity index (χ3v) is 11.2. The molecule has 0 aromatic carbocycles. The maximum Gasteiger partial charge on any atom is 0.315 e. The summed E-state index contributed by atoms with van der Waals surface area (Å²) in [5.41, 5.74) is -1.26. The summed E-state index contributed by atoms with van der Waals surface area (Å²) in [6, 6.07) is -4.16. The highest BCUT2D eigenvalue weighted by molar-refractivity contribution is 7.89. The summed E-state index contributed by atoms with van der Waals surface area (Å²) >= 11 is 0. The van der Waals surface area contributed by atoms with Gasteiger partial charge in [0.2, 0.25) is 27.6 Å². The molecule has 2 heterocycles. The van der Waals surface area contributed by atoms with Crippen molar-refractivity contribution in [3.05, 3.63) is 12.7 Å². The average molecular weight is 697 g/mol. The standard InChI is InChI=1S/C34H60N6O7S/c1-11-15-24(27(41)30(43)35-17-12-2)36-29(42)26-23(22(3)4)16-19-40(26)31(44)28(34(8,9)10)38-32(45)37-25(33(5,6)7)21-39-18-13-14-20-48(39,46)47/h12,22-26,28H,2,11,13-21H2,1,3-10H3,(H,35,43)(H,36,42)(H2,37,38,45)/t23-,24?,25-,26+,28-/m1/s1. The van der Waals surface area contributed by atoms with Gasteiger partial charge in [-0.2, -0.15) is 4.31 Å². The van der Waals surface area contributed by atoms with E-state index in [9.17, 15) is 32.4 Å². The van der Waals surface area contributed by atoms with Gasteiger partial charge in [0.05, 0.1) is 11.8 Å². The molecule has 0 aromatic heterocycles. The number of hydrogen-bond donors (Lipinski definition) is 4. The van der Waals surface area contributed by atoms with E-state index in [0.717, 1.165) is 6.42 Å². The number of nitrogens with zero attached hydrogens (tertiary/aromatic N) is 2. The number of ketones is 1. The Bertz CT molecular complexity index is 1290. The summed E-state index contributed by atoms with van der Waals surface area (Å²) in [7, 11) is -3.42. The highest BCUT2D eigenvalue weighted by atomic mass is 32.2. The highest BCUT2D eigenvalue weighted by Crippen LogP contribution is 2.33. The summed E-state index contributed by atoms with van der Waals surface area (Å²) < 4.78 is 26.9. The monoisotopic (exact) mass is 696 g/mol. The SMILES string of the molecule is C=CCNC(=O)C(=O)C(CCC)NC(=O)[C@@H]1[C@@H](C(C)C)CCN1C(=O)[C@@H](NC(=O)N[C@H](CN1CCCCS1(=O)=O)C(C)(C)C)C(C)(C)C. The Kier molecular flexibility index (Phi) is 14.7. The minimum atomic E-state index is -3.42. The molecule has 2 aliphatic heterocycles. The van der Waals surface area contributed by atoms with Crippen LogP contribution < -0.4 is 21.3 Å². The fourth-order valence-electron chi connectivity index (χ4n) is 6.25. The smallest absolute Gasteiger partial charge is 0.315 e. The molecule has 5 amide bonds. The van der Waals surface area contributed by atoms with E-state index in [1.54, 1.807) is 0 Å². The van der Waals surface area contributed by atoms with Gasteiger partial charge in [-0.25, -0.2) is 13.2 Å². The molecule has 0 aromatic rings. The molecule has 0 spiro atoms. The second kappa shape index (κ2) is 17.1. The first-order chi connectivity index (χ1) is 22.1. The van der Waals surface area contributed by atoms with Crippen molar-refractivity contribution in [3.63, 3.8) is 0 Å². The second-order valence-corrected chi connectivity index (χ2v) is 17.7. The molecule has 14 heteroatoms. The number of sulfonamides is 1. The Morgan fingerprint density at radius 1 is 0.938 bits per heavy atom. The van der Waals surface area contributed by atoms with E-state index in [0.29, 0.717) is 25.8 Å². The van der Waals surface area contributed by atoms with E-state index in [1.165, 1.54) is 15.3 Å². The molecular formula is C34H60N6O7S. The minimum Gasteiger partial charge on any atom is -0.346 e. The molecule has 0 aliphatic carbocycles. The summed E-state index contributed by atoms with van der Waals surface area (Å²) in [6.07, 6.45) is 4.15. The van der Waals surface area contributed by atoms with Crippen LogP contribution in [0, 0.1) is 22.7 Å². The topological polar surface area (TPSA) is 174 Å². The van der Waals surface area contributed by atoms with Gasteiger partial charge in [0.15, 0.2) is 0 Å². The number of rotatable bonds is 14. The fourth-order valence-corrected chi connectivity index (χ4v) is 7.86. The Morgan fingerprint density at radius 3 is 2.10 bits per heavy atom. The van der Waals surface area contributed by atoms with E-state index in [-0.39, 0.29) is 43.6 Å². The zero-order chi connectivity index (χ0) is 36.6. The molecule has 2 aliphatic rings. The molecule has 48 heavy (non-hydrogen) atoms. The summed E-state index contributed by atoms with van der Waals surface area (Å²) in [4.78, 5) is 68.8. The number of urea groups is 1. The largest absolute Gasteiger partial charge is 0.346 e. The van der Waals surface area contributed by atoms with Crippen molar-refractivity contribution in [2.75, 3.05) is 31.9 Å². The first-order valence-electron chi connectivity index (χ1n) is 17.2. The predicted octanol–water partition coefficient (Wildman–Crippen LogP) is 2.57. The average Bonchev–Trinajstić information content (AvgIpc) is 3.43. The summed E-state index contributed by atoms with van der Waals surface area (Å²) in [6.45, 7) is 21.4. The van der Waals surface area contributed by atoms with Crippen molar-refractivity contribution >= 4 is 39.6 Å². The lowest BCUT2D eigenvalue weighted by Gasteiger charge is -2.39. The van der Waals surface area contributed by atoms with Crippen molar-refractivity contribution in [2.45, 2.75) is 119 Å². The van der Waals surface area contributed by atoms with E-state index in [4.69, 9.17) is 0 Å². The highest BCUT2D eigenvalue weighted by Gasteiger charge is 2.48. The molecule has 2 fully saturated rings. The number of Topliss-reactive ketones (excluding diaryl/α,β-unsaturated/α-hetero) is 1. The normalized spacial score (nSPS) is 21.9. The van der Waals surface area contributed by atoms with Gasteiger partial charge in [-0.1, -0.05) is 74.8 Å². The maximum atomic E-state index is 14.3. The van der Waals surface area contributed by atoms with Crippen molar-refractivity contribution in [1.82, 2.24) is 30.5 Å². The third kappa shape index (κ3) is 11.0. The van der Waals surface area contributed by atoms with Crippen LogP contribution in [0.4, 0.5) is 4.79 Å². The van der Waals surface area contributed by atoms with Gasteiger partial charge in [0, 0.05) is 32.2 Å². The molecule has 2 rings (SSSR count). The van der Waals surface area contributed by atoms with Crippen LogP contribution in [-0.2, 0) is 29.2 Å². The van der Waals surface area contributed by atoms with Gasteiger partial charge < -0.3 is 26.2 Å². The number of amides is 5. The van der Waals surface area contributed by atoms with Crippen molar-refractivity contribution < 1.29 is 32.4 Å². The number of nitrogens with one attached hydrogen (secondary N) is 4. The molecule has 2 saturated heterocycles. The number of carbonyl (C=O) groups excluding carboxylic acids is 5. The quantitative estimate of drug-likeness (QED) is 0.160. The third-order valence-electron chi connectivity index (χ3n) is 9.27. The molecule has 5 atom stereocenters. The van der Waals surface area contributed by atoms with Crippen LogP contribution >= 0.6 is 0 Å².